The molecule has 3 nitrogen and oxygen atoms in total. The molecule has 5 aromatic carbocycles. The van der Waals surface area contributed by atoms with Crippen LogP contribution in [0.15, 0.2) is 130 Å². The molecule has 0 unspecified atom stereocenters. The Morgan fingerprint density at radius 1 is 0.564 bits per heavy atom. The van der Waals surface area contributed by atoms with Gasteiger partial charge in [0.1, 0.15) is 22.3 Å². The molecule has 4 heteroatoms. The van der Waals surface area contributed by atoms with Gasteiger partial charge in [-0.25, -0.2) is 0 Å². The van der Waals surface area contributed by atoms with Crippen molar-refractivity contribution < 1.29 is 28.9 Å². The number of fused-ring (bicyclic) bond motifs is 7. The van der Waals surface area contributed by atoms with Crippen LogP contribution in [-0.2, 0) is 20.1 Å². The van der Waals surface area contributed by atoms with Crippen LogP contribution in [0.2, 0.25) is 0 Å². The first-order valence-corrected chi connectivity index (χ1v) is 12.6. The van der Waals surface area contributed by atoms with E-state index in [4.69, 9.17) is 8.83 Å². The Bertz CT molecular complexity index is 2130. The Kier molecular flexibility index (Phi) is 5.66. The first-order valence-electron chi connectivity index (χ1n) is 12.6. The van der Waals surface area contributed by atoms with E-state index in [0.717, 1.165) is 77.4 Å². The molecule has 0 N–H and O–H groups in total. The number of para-hydroxylation sites is 2. The molecular formula is C35H20IrNO2-. The van der Waals surface area contributed by atoms with Crippen molar-refractivity contribution in [2.24, 2.45) is 0 Å². The topological polar surface area (TPSA) is 39.2 Å². The predicted octanol–water partition coefficient (Wildman–Crippen LogP) is 9.68. The molecular weight excluding hydrogens is 659 g/mol. The molecule has 0 aliphatic rings. The van der Waals surface area contributed by atoms with Crippen LogP contribution in [0.5, 0.6) is 0 Å². The standard InChI is InChI=1S/C35H20NO2.Ir/c1-3-11-22(12-4-1)27-21-24(19-20-36-27)31-30(23-13-5-2-6-14-23)34-32(25-15-7-9-17-28(25)37-34)33-26-16-8-10-18-29(26)38-35(31)33;/h1-11,13-21H;/q-1;. The third kappa shape index (κ3) is 3.64. The molecule has 187 valence electrons. The van der Waals surface area contributed by atoms with Crippen molar-refractivity contribution in [1.82, 2.24) is 4.98 Å². The van der Waals surface area contributed by atoms with Gasteiger partial charge in [0.05, 0.1) is 0 Å². The van der Waals surface area contributed by atoms with E-state index in [0.29, 0.717) is 0 Å². The molecule has 0 saturated heterocycles. The second-order valence-corrected chi connectivity index (χ2v) is 9.43. The van der Waals surface area contributed by atoms with Gasteiger partial charge in [0.15, 0.2) is 0 Å². The summed E-state index contributed by atoms with van der Waals surface area (Å²) in [6.07, 6.45) is 1.86. The van der Waals surface area contributed by atoms with Crippen molar-refractivity contribution in [3.05, 3.63) is 128 Å². The second-order valence-electron chi connectivity index (χ2n) is 9.43. The minimum atomic E-state index is 0. The van der Waals surface area contributed by atoms with Gasteiger partial charge in [-0.2, -0.15) is 0 Å². The van der Waals surface area contributed by atoms with Gasteiger partial charge in [-0.3, -0.25) is 0 Å². The quantitative estimate of drug-likeness (QED) is 0.175. The summed E-state index contributed by atoms with van der Waals surface area (Å²) in [5.74, 6) is 0. The van der Waals surface area contributed by atoms with Gasteiger partial charge >= 0.3 is 0 Å². The summed E-state index contributed by atoms with van der Waals surface area (Å²) < 4.78 is 13.4. The summed E-state index contributed by atoms with van der Waals surface area (Å²) in [5.41, 5.74) is 9.30. The third-order valence-corrected chi connectivity index (χ3v) is 7.24. The van der Waals surface area contributed by atoms with E-state index in [1.54, 1.807) is 0 Å². The van der Waals surface area contributed by atoms with E-state index in [1.165, 1.54) is 0 Å². The molecule has 3 heterocycles. The van der Waals surface area contributed by atoms with Crippen molar-refractivity contribution in [3.63, 3.8) is 0 Å². The van der Waals surface area contributed by atoms with Crippen molar-refractivity contribution in [1.29, 1.82) is 0 Å². The molecule has 0 amide bonds. The normalized spacial score (nSPS) is 11.4. The number of hydrogen-bond acceptors (Lipinski definition) is 3. The first-order chi connectivity index (χ1) is 18.9. The van der Waals surface area contributed by atoms with Gasteiger partial charge in [0.2, 0.25) is 0 Å². The minimum absolute atomic E-state index is 0. The van der Waals surface area contributed by atoms with Crippen LogP contribution in [0.25, 0.3) is 77.4 Å². The van der Waals surface area contributed by atoms with E-state index in [9.17, 15) is 0 Å². The number of nitrogens with zero attached hydrogens (tertiary/aromatic N) is 1. The predicted molar refractivity (Wildman–Crippen MR) is 154 cm³/mol. The molecule has 8 rings (SSSR count). The zero-order chi connectivity index (χ0) is 25.1. The Morgan fingerprint density at radius 3 is 1.79 bits per heavy atom. The molecule has 0 fully saturated rings. The average Bonchev–Trinajstić information content (AvgIpc) is 3.56. The SMILES string of the molecule is [Ir].[c-]1ccccc1-c1cc(-c2c(-c3ccccc3)c3oc4ccccc4c3c3c2oc2ccccc23)ccn1. The fourth-order valence-electron chi connectivity index (χ4n) is 5.61. The van der Waals surface area contributed by atoms with E-state index in [1.807, 2.05) is 60.8 Å². The van der Waals surface area contributed by atoms with E-state index < -0.39 is 0 Å². The van der Waals surface area contributed by atoms with Gasteiger partial charge in [0, 0.05) is 59.0 Å². The first kappa shape index (κ1) is 23.6. The summed E-state index contributed by atoms with van der Waals surface area (Å²) in [5, 5.41) is 4.30. The molecule has 0 spiro atoms. The van der Waals surface area contributed by atoms with Gasteiger partial charge < -0.3 is 13.8 Å². The van der Waals surface area contributed by atoms with Crippen molar-refractivity contribution in [2.75, 3.05) is 0 Å². The van der Waals surface area contributed by atoms with Crippen molar-refractivity contribution in [2.45, 2.75) is 0 Å². The van der Waals surface area contributed by atoms with Gasteiger partial charge in [-0.05, 0) is 35.0 Å². The fraction of sp³-hybridized carbons (Fsp3) is 0. The van der Waals surface area contributed by atoms with E-state index in [2.05, 4.69) is 71.7 Å². The molecule has 39 heavy (non-hydrogen) atoms. The average molecular weight is 679 g/mol. The van der Waals surface area contributed by atoms with Crippen LogP contribution in [0.1, 0.15) is 0 Å². The van der Waals surface area contributed by atoms with Gasteiger partial charge in [0.25, 0.3) is 0 Å². The summed E-state index contributed by atoms with van der Waals surface area (Å²) in [7, 11) is 0. The fourth-order valence-corrected chi connectivity index (χ4v) is 5.61. The van der Waals surface area contributed by atoms with Crippen molar-refractivity contribution in [3.8, 4) is 33.5 Å². The summed E-state index contributed by atoms with van der Waals surface area (Å²) in [4.78, 5) is 4.67. The monoisotopic (exact) mass is 679 g/mol. The molecule has 8 aromatic rings. The summed E-state index contributed by atoms with van der Waals surface area (Å²) >= 11 is 0. The van der Waals surface area contributed by atoms with Crippen LogP contribution in [-0.4, -0.2) is 4.98 Å². The smallest absolute Gasteiger partial charge is 0.144 e. The van der Waals surface area contributed by atoms with Gasteiger partial charge in [-0.15, -0.1) is 35.9 Å². The molecule has 0 aliphatic heterocycles. The number of hydrogen-bond donors (Lipinski definition) is 0. The summed E-state index contributed by atoms with van der Waals surface area (Å²) in [6, 6.07) is 42.3. The second kappa shape index (κ2) is 9.36. The van der Waals surface area contributed by atoms with Crippen LogP contribution >= 0.6 is 0 Å². The Morgan fingerprint density at radius 2 is 1.15 bits per heavy atom. The van der Waals surface area contributed by atoms with Crippen molar-refractivity contribution >= 4 is 43.9 Å². The number of furan rings is 2. The largest absolute Gasteiger partial charge is 0.455 e. The Balaban J connectivity index is 0.00000253. The molecule has 0 atom stereocenters. The van der Waals surface area contributed by atoms with E-state index in [-0.39, 0.29) is 20.1 Å². The van der Waals surface area contributed by atoms with Crippen LogP contribution in [0.4, 0.5) is 0 Å². The molecule has 0 bridgehead atoms. The van der Waals surface area contributed by atoms with Crippen LogP contribution < -0.4 is 0 Å². The molecule has 3 aromatic heterocycles. The Labute approximate surface area is 238 Å². The van der Waals surface area contributed by atoms with Gasteiger partial charge in [-0.1, -0.05) is 72.8 Å². The van der Waals surface area contributed by atoms with E-state index >= 15 is 0 Å². The zero-order valence-electron chi connectivity index (χ0n) is 20.6. The molecule has 0 saturated carbocycles. The van der Waals surface area contributed by atoms with Crippen LogP contribution in [0, 0.1) is 6.07 Å². The maximum Gasteiger partial charge on any atom is 0.144 e. The summed E-state index contributed by atoms with van der Waals surface area (Å²) in [6.45, 7) is 0. The number of rotatable bonds is 3. The maximum absolute atomic E-state index is 6.70. The van der Waals surface area contributed by atoms with Crippen LogP contribution in [0.3, 0.4) is 0 Å². The number of benzene rings is 5. The third-order valence-electron chi connectivity index (χ3n) is 7.24. The Hall–Kier alpha value is -4.50. The molecule has 0 aliphatic carbocycles. The molecule has 1 radical (unpaired) electrons. The minimum Gasteiger partial charge on any atom is -0.455 e. The zero-order valence-corrected chi connectivity index (χ0v) is 23.0. The maximum atomic E-state index is 6.70. The number of pyridine rings is 1. The number of aromatic nitrogens is 1.